The summed E-state index contributed by atoms with van der Waals surface area (Å²) in [7, 11) is 0. The molecule has 0 atom stereocenters. The molecule has 2 heteroatoms. The van der Waals surface area contributed by atoms with Crippen LogP contribution in [0.1, 0.15) is 16.7 Å². The molecule has 0 saturated heterocycles. The van der Waals surface area contributed by atoms with Crippen LogP contribution in [0.25, 0.3) is 21.2 Å². The number of hydrogen-bond donors (Lipinski definition) is 0. The third kappa shape index (κ3) is 2.18. The van der Waals surface area contributed by atoms with Crippen molar-refractivity contribution in [2.75, 3.05) is 0 Å². The minimum Gasteiger partial charge on any atom is -0.143 e. The van der Waals surface area contributed by atoms with E-state index in [0.717, 1.165) is 0 Å². The van der Waals surface area contributed by atoms with Gasteiger partial charge in [0.05, 0.1) is 0 Å². The maximum absolute atomic E-state index is 5.96. The summed E-state index contributed by atoms with van der Waals surface area (Å²) in [5.41, 5.74) is 6.54. The fourth-order valence-electron chi connectivity index (χ4n) is 2.59. The fraction of sp³-hybridized carbons (Fsp3) is 0.176. The van der Waals surface area contributed by atoms with Crippen LogP contribution in [0.3, 0.4) is 0 Å². The molecule has 0 radical (unpaired) electrons. The van der Waals surface area contributed by atoms with E-state index in [4.69, 9.17) is 11.6 Å². The topological polar surface area (TPSA) is 0 Å². The van der Waals surface area contributed by atoms with Crippen LogP contribution in [0.2, 0.25) is 0 Å². The van der Waals surface area contributed by atoms with Crippen molar-refractivity contribution in [3.63, 3.8) is 0 Å². The van der Waals surface area contributed by atoms with E-state index in [9.17, 15) is 0 Å². The number of alkyl halides is 1. The number of fused-ring (bicyclic) bond motifs is 1. The maximum Gasteiger partial charge on any atom is 0.0474 e. The molecule has 19 heavy (non-hydrogen) atoms. The molecule has 0 amide bonds. The predicted molar refractivity (Wildman–Crippen MR) is 86.3 cm³/mol. The molecule has 1 heterocycles. The van der Waals surface area contributed by atoms with Crippen molar-refractivity contribution in [1.82, 2.24) is 0 Å². The highest BCUT2D eigenvalue weighted by molar-refractivity contribution is 7.17. The molecular formula is C17H15ClS. The van der Waals surface area contributed by atoms with Crippen LogP contribution >= 0.6 is 22.9 Å². The number of thiophene rings is 1. The number of benzene rings is 2. The Hall–Kier alpha value is -1.31. The van der Waals surface area contributed by atoms with Crippen LogP contribution in [0.5, 0.6) is 0 Å². The highest BCUT2D eigenvalue weighted by atomic mass is 35.5. The van der Waals surface area contributed by atoms with Gasteiger partial charge >= 0.3 is 0 Å². The van der Waals surface area contributed by atoms with Gasteiger partial charge in [-0.15, -0.1) is 22.9 Å². The second kappa shape index (κ2) is 4.99. The van der Waals surface area contributed by atoms with E-state index in [1.165, 1.54) is 37.9 Å². The molecule has 0 fully saturated rings. The van der Waals surface area contributed by atoms with E-state index >= 15 is 0 Å². The van der Waals surface area contributed by atoms with Crippen molar-refractivity contribution in [2.45, 2.75) is 19.7 Å². The monoisotopic (exact) mass is 286 g/mol. The lowest BCUT2D eigenvalue weighted by molar-refractivity contribution is 1.39. The molecule has 0 nitrogen and oxygen atoms in total. The number of halogens is 1. The Morgan fingerprint density at radius 2 is 1.79 bits per heavy atom. The fourth-order valence-corrected chi connectivity index (χ4v) is 3.69. The minimum atomic E-state index is 0.567. The Labute approximate surface area is 122 Å². The first-order chi connectivity index (χ1) is 9.20. The van der Waals surface area contributed by atoms with E-state index in [0.29, 0.717) is 5.88 Å². The predicted octanol–water partition coefficient (Wildman–Crippen LogP) is 5.92. The first-order valence-corrected chi connectivity index (χ1v) is 7.75. The molecule has 0 aliphatic rings. The third-order valence-corrected chi connectivity index (χ3v) is 4.81. The van der Waals surface area contributed by atoms with Crippen LogP contribution in [0.4, 0.5) is 0 Å². The van der Waals surface area contributed by atoms with Gasteiger partial charge in [0.1, 0.15) is 0 Å². The van der Waals surface area contributed by atoms with E-state index in [1.54, 1.807) is 11.3 Å². The molecule has 0 aliphatic carbocycles. The molecule has 3 rings (SSSR count). The first-order valence-electron chi connectivity index (χ1n) is 6.33. The maximum atomic E-state index is 5.96. The van der Waals surface area contributed by atoms with Crippen molar-refractivity contribution in [3.8, 4) is 11.1 Å². The summed E-state index contributed by atoms with van der Waals surface area (Å²) in [4.78, 5) is 0. The lowest BCUT2D eigenvalue weighted by Crippen LogP contribution is -1.87. The van der Waals surface area contributed by atoms with Crippen molar-refractivity contribution in [1.29, 1.82) is 0 Å². The van der Waals surface area contributed by atoms with Crippen molar-refractivity contribution < 1.29 is 0 Å². The van der Waals surface area contributed by atoms with Gasteiger partial charge < -0.3 is 0 Å². The van der Waals surface area contributed by atoms with Gasteiger partial charge in [-0.1, -0.05) is 24.3 Å². The van der Waals surface area contributed by atoms with E-state index in [2.05, 4.69) is 55.6 Å². The van der Waals surface area contributed by atoms with E-state index in [-0.39, 0.29) is 0 Å². The Balaban J connectivity index is 2.31. The highest BCUT2D eigenvalue weighted by Crippen LogP contribution is 2.37. The highest BCUT2D eigenvalue weighted by Gasteiger charge is 2.11. The molecule has 1 aromatic heterocycles. The molecule has 0 N–H and O–H groups in total. The SMILES string of the molecule is Cc1cccc(C)c1-c1csc2ccc(CCl)cc12. The first kappa shape index (κ1) is 12.7. The van der Waals surface area contributed by atoms with Gasteiger partial charge in [0.25, 0.3) is 0 Å². The Kier molecular flexibility index (Phi) is 3.34. The van der Waals surface area contributed by atoms with Crippen LogP contribution in [-0.2, 0) is 5.88 Å². The third-order valence-electron chi connectivity index (χ3n) is 3.54. The molecular weight excluding hydrogens is 272 g/mol. The summed E-state index contributed by atoms with van der Waals surface area (Å²) < 4.78 is 1.33. The van der Waals surface area contributed by atoms with Gasteiger partial charge in [-0.3, -0.25) is 0 Å². The van der Waals surface area contributed by atoms with Gasteiger partial charge in [-0.25, -0.2) is 0 Å². The summed E-state index contributed by atoms with van der Waals surface area (Å²) in [5, 5.41) is 3.58. The van der Waals surface area contributed by atoms with Crippen molar-refractivity contribution >= 4 is 33.0 Å². The van der Waals surface area contributed by atoms with Gasteiger partial charge in [0.15, 0.2) is 0 Å². The summed E-state index contributed by atoms with van der Waals surface area (Å²) in [5.74, 6) is 0.567. The molecule has 2 aromatic carbocycles. The van der Waals surface area contributed by atoms with Crippen LogP contribution < -0.4 is 0 Å². The second-order valence-electron chi connectivity index (χ2n) is 4.88. The van der Waals surface area contributed by atoms with Crippen LogP contribution in [-0.4, -0.2) is 0 Å². The Morgan fingerprint density at radius 3 is 2.47 bits per heavy atom. The lowest BCUT2D eigenvalue weighted by Gasteiger charge is -2.09. The zero-order valence-electron chi connectivity index (χ0n) is 11.0. The molecule has 0 aliphatic heterocycles. The van der Waals surface area contributed by atoms with Gasteiger partial charge in [0, 0.05) is 21.5 Å². The average Bonchev–Trinajstić information content (AvgIpc) is 2.81. The Morgan fingerprint density at radius 1 is 1.05 bits per heavy atom. The van der Waals surface area contributed by atoms with Gasteiger partial charge in [0.2, 0.25) is 0 Å². The zero-order valence-corrected chi connectivity index (χ0v) is 12.6. The summed E-state index contributed by atoms with van der Waals surface area (Å²) in [6, 6.07) is 13.0. The van der Waals surface area contributed by atoms with Crippen molar-refractivity contribution in [3.05, 3.63) is 58.5 Å². The summed E-state index contributed by atoms with van der Waals surface area (Å²) in [6.07, 6.45) is 0. The largest absolute Gasteiger partial charge is 0.143 e. The van der Waals surface area contributed by atoms with Gasteiger partial charge in [-0.2, -0.15) is 0 Å². The van der Waals surface area contributed by atoms with E-state index in [1.807, 2.05) is 0 Å². The van der Waals surface area contributed by atoms with Gasteiger partial charge in [-0.05, 0) is 53.6 Å². The zero-order chi connectivity index (χ0) is 13.4. The summed E-state index contributed by atoms with van der Waals surface area (Å²) >= 11 is 7.76. The number of aryl methyl sites for hydroxylation is 2. The standard InChI is InChI=1S/C17H15ClS/c1-11-4-3-5-12(2)17(11)15-10-19-16-7-6-13(9-18)8-14(15)16/h3-8,10H,9H2,1-2H3. The molecule has 0 spiro atoms. The molecule has 96 valence electrons. The quantitative estimate of drug-likeness (QED) is 0.513. The second-order valence-corrected chi connectivity index (χ2v) is 6.06. The normalized spacial score (nSPS) is 11.1. The van der Waals surface area contributed by atoms with E-state index < -0.39 is 0 Å². The van der Waals surface area contributed by atoms with Crippen LogP contribution in [0.15, 0.2) is 41.8 Å². The molecule has 0 bridgehead atoms. The average molecular weight is 287 g/mol. The minimum absolute atomic E-state index is 0.567. The summed E-state index contributed by atoms with van der Waals surface area (Å²) in [6.45, 7) is 4.36. The van der Waals surface area contributed by atoms with Crippen molar-refractivity contribution in [2.24, 2.45) is 0 Å². The Bertz CT molecular complexity index is 720. The smallest absolute Gasteiger partial charge is 0.0474 e. The number of hydrogen-bond acceptors (Lipinski definition) is 1. The molecule has 3 aromatic rings. The van der Waals surface area contributed by atoms with Crippen LogP contribution in [0, 0.1) is 13.8 Å². The molecule has 0 saturated carbocycles. The number of rotatable bonds is 2. The molecule has 0 unspecified atom stereocenters. The lowest BCUT2D eigenvalue weighted by atomic mass is 9.95.